The number of fused-ring (bicyclic) bond motifs is 1. The van der Waals surface area contributed by atoms with Crippen LogP contribution in [-0.2, 0) is 29.0 Å². The molecule has 1 saturated carbocycles. The SMILES string of the molecule is O=C(NC1CCCCC1)[C@H](Cc1ccccc1)N(Cc1c(Cl)cccc1Cl)C(=O)CCc1ccc2c(c1)OCCO2. The number of ether oxygens (including phenoxy) is 2. The van der Waals surface area contributed by atoms with Gasteiger partial charge in [0, 0.05) is 41.0 Å². The predicted molar refractivity (Wildman–Crippen MR) is 162 cm³/mol. The summed E-state index contributed by atoms with van der Waals surface area (Å²) in [5, 5.41) is 4.20. The average Bonchev–Trinajstić information content (AvgIpc) is 3.00. The Morgan fingerprint density at radius 3 is 2.29 bits per heavy atom. The summed E-state index contributed by atoms with van der Waals surface area (Å²) in [4.78, 5) is 29.7. The topological polar surface area (TPSA) is 67.9 Å². The van der Waals surface area contributed by atoms with Crippen molar-refractivity contribution in [2.75, 3.05) is 13.2 Å². The van der Waals surface area contributed by atoms with Gasteiger partial charge >= 0.3 is 0 Å². The second kappa shape index (κ2) is 14.1. The monoisotopic (exact) mass is 594 g/mol. The van der Waals surface area contributed by atoms with Crippen molar-refractivity contribution in [3.63, 3.8) is 0 Å². The van der Waals surface area contributed by atoms with E-state index in [4.69, 9.17) is 32.7 Å². The van der Waals surface area contributed by atoms with Gasteiger partial charge in [0.1, 0.15) is 19.3 Å². The smallest absolute Gasteiger partial charge is 0.243 e. The zero-order chi connectivity index (χ0) is 28.6. The summed E-state index contributed by atoms with van der Waals surface area (Å²) in [5.74, 6) is 1.12. The summed E-state index contributed by atoms with van der Waals surface area (Å²) in [6, 6.07) is 20.3. The van der Waals surface area contributed by atoms with E-state index in [0.717, 1.165) is 36.8 Å². The molecule has 0 aromatic heterocycles. The molecule has 1 atom stereocenters. The Bertz CT molecular complexity index is 1320. The zero-order valence-corrected chi connectivity index (χ0v) is 24.6. The van der Waals surface area contributed by atoms with E-state index >= 15 is 0 Å². The number of carbonyl (C=O) groups is 2. The van der Waals surface area contributed by atoms with E-state index in [0.29, 0.717) is 53.2 Å². The number of aryl methyl sites for hydroxylation is 1. The number of nitrogens with zero attached hydrogens (tertiary/aromatic N) is 1. The van der Waals surface area contributed by atoms with Crippen molar-refractivity contribution in [1.82, 2.24) is 10.2 Å². The van der Waals surface area contributed by atoms with E-state index in [2.05, 4.69) is 5.32 Å². The van der Waals surface area contributed by atoms with Gasteiger partial charge in [0.2, 0.25) is 11.8 Å². The average molecular weight is 596 g/mol. The first-order chi connectivity index (χ1) is 20.0. The molecule has 8 heteroatoms. The highest BCUT2D eigenvalue weighted by atomic mass is 35.5. The van der Waals surface area contributed by atoms with Crippen molar-refractivity contribution in [3.05, 3.63) is 93.5 Å². The lowest BCUT2D eigenvalue weighted by atomic mass is 9.94. The lowest BCUT2D eigenvalue weighted by molar-refractivity contribution is -0.141. The molecule has 0 unspecified atom stereocenters. The number of amides is 2. The molecule has 1 aliphatic heterocycles. The molecular weight excluding hydrogens is 559 g/mol. The number of hydrogen-bond acceptors (Lipinski definition) is 4. The minimum Gasteiger partial charge on any atom is -0.486 e. The van der Waals surface area contributed by atoms with Crippen molar-refractivity contribution >= 4 is 35.0 Å². The standard InChI is InChI=1S/C33H36Cl2N2O4/c34-27-12-7-13-28(35)26(27)22-37(32(38)17-15-24-14-16-30-31(21-24)41-19-18-40-30)29(20-23-8-3-1-4-9-23)33(39)36-25-10-5-2-6-11-25/h1,3-4,7-9,12-14,16,21,25,29H,2,5-6,10-11,15,17-20,22H2,(H,36,39)/t29-/m0/s1. The molecule has 0 radical (unpaired) electrons. The number of halogens is 2. The fourth-order valence-electron chi connectivity index (χ4n) is 5.59. The molecule has 216 valence electrons. The summed E-state index contributed by atoms with van der Waals surface area (Å²) < 4.78 is 11.4. The number of rotatable bonds is 10. The third-order valence-electron chi connectivity index (χ3n) is 7.85. The zero-order valence-electron chi connectivity index (χ0n) is 23.1. The number of nitrogens with one attached hydrogen (secondary N) is 1. The van der Waals surface area contributed by atoms with Crippen LogP contribution in [0.4, 0.5) is 0 Å². The first kappa shape index (κ1) is 29.3. The second-order valence-corrected chi connectivity index (χ2v) is 11.6. The molecule has 0 saturated heterocycles. The number of benzene rings is 3. The van der Waals surface area contributed by atoms with Crippen molar-refractivity contribution in [2.24, 2.45) is 0 Å². The molecule has 0 bridgehead atoms. The highest BCUT2D eigenvalue weighted by Crippen LogP contribution is 2.32. The maximum absolute atomic E-state index is 14.1. The molecule has 1 heterocycles. The Hall–Kier alpha value is -3.22. The van der Waals surface area contributed by atoms with Crippen molar-refractivity contribution in [3.8, 4) is 11.5 Å². The van der Waals surface area contributed by atoms with E-state index in [9.17, 15) is 9.59 Å². The van der Waals surface area contributed by atoms with Crippen molar-refractivity contribution in [1.29, 1.82) is 0 Å². The van der Waals surface area contributed by atoms with E-state index in [-0.39, 0.29) is 30.8 Å². The quantitative estimate of drug-likeness (QED) is 0.281. The Labute approximate surface area is 251 Å². The molecule has 1 fully saturated rings. The first-order valence-corrected chi connectivity index (χ1v) is 15.2. The lowest BCUT2D eigenvalue weighted by Crippen LogP contribution is -2.53. The van der Waals surface area contributed by atoms with Crippen LogP contribution in [0.3, 0.4) is 0 Å². The van der Waals surface area contributed by atoms with Gasteiger partial charge in [-0.1, -0.05) is 84.9 Å². The van der Waals surface area contributed by atoms with Gasteiger partial charge in [-0.25, -0.2) is 0 Å². The van der Waals surface area contributed by atoms with Crippen LogP contribution >= 0.6 is 23.2 Å². The molecule has 1 N–H and O–H groups in total. The van der Waals surface area contributed by atoms with Crippen LogP contribution < -0.4 is 14.8 Å². The Morgan fingerprint density at radius 2 is 1.56 bits per heavy atom. The Kier molecular flexibility index (Phi) is 10.1. The molecule has 3 aromatic carbocycles. The minimum absolute atomic E-state index is 0.119. The number of hydrogen-bond donors (Lipinski definition) is 1. The van der Waals surface area contributed by atoms with Gasteiger partial charge in [-0.05, 0) is 54.7 Å². The fourth-order valence-corrected chi connectivity index (χ4v) is 6.11. The van der Waals surface area contributed by atoms with Crippen LogP contribution in [0, 0.1) is 0 Å². The minimum atomic E-state index is -0.723. The fraction of sp³-hybridized carbons (Fsp3) is 0.394. The molecule has 1 aliphatic carbocycles. The van der Waals surface area contributed by atoms with Crippen LogP contribution in [-0.4, -0.2) is 42.0 Å². The Balaban J connectivity index is 1.42. The molecule has 0 spiro atoms. The van der Waals surface area contributed by atoms with Gasteiger partial charge in [-0.2, -0.15) is 0 Å². The maximum atomic E-state index is 14.1. The van der Waals surface area contributed by atoms with Gasteiger partial charge in [0.25, 0.3) is 0 Å². The van der Waals surface area contributed by atoms with E-state index in [1.165, 1.54) is 6.42 Å². The summed E-state index contributed by atoms with van der Waals surface area (Å²) in [5.41, 5.74) is 2.57. The molecule has 2 aliphatic rings. The van der Waals surface area contributed by atoms with Crippen LogP contribution in [0.25, 0.3) is 0 Å². The molecule has 3 aromatic rings. The number of carbonyl (C=O) groups excluding carboxylic acids is 2. The van der Waals surface area contributed by atoms with Gasteiger partial charge in [-0.15, -0.1) is 0 Å². The first-order valence-electron chi connectivity index (χ1n) is 14.4. The molecular formula is C33H36Cl2N2O4. The van der Waals surface area contributed by atoms with Crippen LogP contribution in [0.5, 0.6) is 11.5 Å². The van der Waals surface area contributed by atoms with Gasteiger partial charge in [0.15, 0.2) is 11.5 Å². The van der Waals surface area contributed by atoms with Crippen molar-refractivity contribution < 1.29 is 19.1 Å². The Morgan fingerprint density at radius 1 is 0.854 bits per heavy atom. The lowest BCUT2D eigenvalue weighted by Gasteiger charge is -2.34. The van der Waals surface area contributed by atoms with E-state index in [1.54, 1.807) is 23.1 Å². The van der Waals surface area contributed by atoms with Crippen molar-refractivity contribution in [2.45, 2.75) is 70.0 Å². The molecule has 6 nitrogen and oxygen atoms in total. The van der Waals surface area contributed by atoms with Gasteiger partial charge in [-0.3, -0.25) is 9.59 Å². The predicted octanol–water partition coefficient (Wildman–Crippen LogP) is 6.79. The van der Waals surface area contributed by atoms with Crippen LogP contribution in [0.1, 0.15) is 55.2 Å². The van der Waals surface area contributed by atoms with Gasteiger partial charge < -0.3 is 19.7 Å². The highest BCUT2D eigenvalue weighted by molar-refractivity contribution is 6.36. The molecule has 2 amide bonds. The van der Waals surface area contributed by atoms with E-state index < -0.39 is 6.04 Å². The maximum Gasteiger partial charge on any atom is 0.243 e. The molecule has 41 heavy (non-hydrogen) atoms. The van der Waals surface area contributed by atoms with Crippen LogP contribution in [0.2, 0.25) is 10.0 Å². The highest BCUT2D eigenvalue weighted by Gasteiger charge is 2.32. The summed E-state index contributed by atoms with van der Waals surface area (Å²) in [6.45, 7) is 1.16. The third-order valence-corrected chi connectivity index (χ3v) is 8.56. The largest absolute Gasteiger partial charge is 0.486 e. The summed E-state index contributed by atoms with van der Waals surface area (Å²) in [6.07, 6.45) is 6.39. The van der Waals surface area contributed by atoms with E-state index in [1.807, 2.05) is 48.5 Å². The molecule has 5 rings (SSSR count). The summed E-state index contributed by atoms with van der Waals surface area (Å²) in [7, 11) is 0. The summed E-state index contributed by atoms with van der Waals surface area (Å²) >= 11 is 13.1. The third kappa shape index (κ3) is 7.75. The van der Waals surface area contributed by atoms with Crippen LogP contribution in [0.15, 0.2) is 66.7 Å². The van der Waals surface area contributed by atoms with Gasteiger partial charge in [0.05, 0.1) is 0 Å². The normalized spacial score (nSPS) is 15.7. The second-order valence-electron chi connectivity index (χ2n) is 10.7.